The maximum Gasteiger partial charge on any atom is 0.264 e. The molecule has 4 bridgehead atoms. The van der Waals surface area contributed by atoms with E-state index in [1.165, 1.54) is 0 Å². The average molecular weight is 373 g/mol. The molecule has 5 rings (SSSR count). The summed E-state index contributed by atoms with van der Waals surface area (Å²) in [4.78, 5) is 12.2. The molecule has 4 saturated carbocycles. The molecular formula is C17H18F3NO3S. The van der Waals surface area contributed by atoms with Crippen LogP contribution in [0.15, 0.2) is 23.1 Å². The van der Waals surface area contributed by atoms with Gasteiger partial charge in [-0.3, -0.25) is 4.79 Å². The van der Waals surface area contributed by atoms with Gasteiger partial charge in [-0.15, -0.1) is 0 Å². The van der Waals surface area contributed by atoms with Gasteiger partial charge in [0.05, 0.1) is 10.3 Å². The molecule has 4 aliphatic rings. The van der Waals surface area contributed by atoms with Gasteiger partial charge in [-0.05, 0) is 68.6 Å². The molecule has 136 valence electrons. The van der Waals surface area contributed by atoms with Gasteiger partial charge in [0.15, 0.2) is 11.6 Å². The standard InChI is InChI=1S/C17H18F3NO3S/c18-13-2-1-12(4-14(13)19)25(23,24)21-15(22)16-5-10-3-11(6-16)8-17(20,7-10)9-16/h1-2,4,10-11H,3,5-9H2,(H,21,22). The fourth-order valence-corrected chi connectivity index (χ4v) is 6.43. The van der Waals surface area contributed by atoms with Crippen LogP contribution in [0.4, 0.5) is 13.2 Å². The van der Waals surface area contributed by atoms with E-state index in [4.69, 9.17) is 0 Å². The normalized spacial score (nSPS) is 36.4. The van der Waals surface area contributed by atoms with Crippen LogP contribution in [0.2, 0.25) is 0 Å². The number of nitrogens with one attached hydrogen (secondary N) is 1. The zero-order valence-corrected chi connectivity index (χ0v) is 14.2. The third-order valence-corrected chi connectivity index (χ3v) is 7.23. The Morgan fingerprint density at radius 2 is 1.72 bits per heavy atom. The lowest BCUT2D eigenvalue weighted by atomic mass is 9.48. The monoisotopic (exact) mass is 373 g/mol. The van der Waals surface area contributed by atoms with Crippen molar-refractivity contribution in [2.45, 2.75) is 49.1 Å². The number of amides is 1. The van der Waals surface area contributed by atoms with Gasteiger partial charge < -0.3 is 0 Å². The molecule has 4 aliphatic carbocycles. The zero-order valence-electron chi connectivity index (χ0n) is 13.4. The van der Waals surface area contributed by atoms with E-state index in [0.29, 0.717) is 37.8 Å². The average Bonchev–Trinajstić information content (AvgIpc) is 2.47. The first-order valence-corrected chi connectivity index (χ1v) is 9.80. The summed E-state index contributed by atoms with van der Waals surface area (Å²) in [6, 6.07) is 2.11. The summed E-state index contributed by atoms with van der Waals surface area (Å²) in [5, 5.41) is 0. The Bertz CT molecular complexity index is 841. The Kier molecular flexibility index (Phi) is 3.52. The quantitative estimate of drug-likeness (QED) is 0.886. The van der Waals surface area contributed by atoms with Crippen LogP contribution in [0.3, 0.4) is 0 Å². The molecule has 4 nitrogen and oxygen atoms in total. The zero-order chi connectivity index (χ0) is 18.0. The Balaban J connectivity index is 1.60. The van der Waals surface area contributed by atoms with E-state index in [0.717, 1.165) is 12.5 Å². The molecule has 0 radical (unpaired) electrons. The molecule has 8 heteroatoms. The van der Waals surface area contributed by atoms with E-state index in [9.17, 15) is 26.4 Å². The Hall–Kier alpha value is -1.57. The minimum Gasteiger partial charge on any atom is -0.273 e. The number of hydrogen-bond acceptors (Lipinski definition) is 3. The number of halogens is 3. The van der Waals surface area contributed by atoms with Crippen molar-refractivity contribution in [1.29, 1.82) is 0 Å². The second-order valence-corrected chi connectivity index (χ2v) is 9.59. The lowest BCUT2D eigenvalue weighted by Crippen LogP contribution is -2.59. The van der Waals surface area contributed by atoms with Crippen LogP contribution < -0.4 is 4.72 Å². The summed E-state index contributed by atoms with van der Waals surface area (Å²) in [6.07, 6.45) is 2.76. The molecule has 0 heterocycles. The van der Waals surface area contributed by atoms with Crippen LogP contribution in [0.1, 0.15) is 38.5 Å². The van der Waals surface area contributed by atoms with Crippen molar-refractivity contribution in [3.8, 4) is 0 Å². The highest BCUT2D eigenvalue weighted by Gasteiger charge is 2.61. The summed E-state index contributed by atoms with van der Waals surface area (Å²) in [6.45, 7) is 0. The van der Waals surface area contributed by atoms with Crippen molar-refractivity contribution in [3.05, 3.63) is 29.8 Å². The smallest absolute Gasteiger partial charge is 0.264 e. The lowest BCUT2D eigenvalue weighted by molar-refractivity contribution is -0.158. The van der Waals surface area contributed by atoms with E-state index >= 15 is 0 Å². The van der Waals surface area contributed by atoms with Crippen LogP contribution in [-0.2, 0) is 14.8 Å². The molecule has 1 amide bonds. The van der Waals surface area contributed by atoms with Gasteiger partial charge in [0.1, 0.15) is 5.67 Å². The fourth-order valence-electron chi connectivity index (χ4n) is 5.35. The van der Waals surface area contributed by atoms with Crippen LogP contribution in [-0.4, -0.2) is 20.0 Å². The summed E-state index contributed by atoms with van der Waals surface area (Å²) in [5.41, 5.74) is -2.42. The molecule has 0 aromatic heterocycles. The molecular weight excluding hydrogens is 355 g/mol. The second-order valence-electron chi connectivity index (χ2n) is 7.90. The number of alkyl halides is 1. The second kappa shape index (κ2) is 5.22. The maximum absolute atomic E-state index is 14.9. The number of sulfonamides is 1. The van der Waals surface area contributed by atoms with Crippen LogP contribution >= 0.6 is 0 Å². The van der Waals surface area contributed by atoms with E-state index < -0.39 is 43.5 Å². The molecule has 0 saturated heterocycles. The molecule has 1 N–H and O–H groups in total. The largest absolute Gasteiger partial charge is 0.273 e. The highest BCUT2D eigenvalue weighted by molar-refractivity contribution is 7.90. The molecule has 2 unspecified atom stereocenters. The maximum atomic E-state index is 14.9. The van der Waals surface area contributed by atoms with Crippen molar-refractivity contribution in [1.82, 2.24) is 4.72 Å². The minimum atomic E-state index is -4.34. The van der Waals surface area contributed by atoms with Crippen molar-refractivity contribution < 1.29 is 26.4 Å². The molecule has 0 aliphatic heterocycles. The summed E-state index contributed by atoms with van der Waals surface area (Å²) < 4.78 is 67.9. The topological polar surface area (TPSA) is 63.2 Å². The van der Waals surface area contributed by atoms with Gasteiger partial charge in [0.25, 0.3) is 10.0 Å². The summed E-state index contributed by atoms with van der Waals surface area (Å²) in [5.74, 6) is -3.02. The number of hydrogen-bond donors (Lipinski definition) is 1. The lowest BCUT2D eigenvalue weighted by Gasteiger charge is -2.58. The van der Waals surface area contributed by atoms with Crippen molar-refractivity contribution in [3.63, 3.8) is 0 Å². The fraction of sp³-hybridized carbons (Fsp3) is 0.588. The van der Waals surface area contributed by atoms with Crippen molar-refractivity contribution in [2.24, 2.45) is 17.3 Å². The van der Waals surface area contributed by atoms with Crippen molar-refractivity contribution >= 4 is 15.9 Å². The molecule has 2 atom stereocenters. The SMILES string of the molecule is O=C(NS(=O)(=O)c1ccc(F)c(F)c1)C12CC3CC(CC(F)(C3)C1)C2. The van der Waals surface area contributed by atoms with Crippen molar-refractivity contribution in [2.75, 3.05) is 0 Å². The molecule has 0 spiro atoms. The summed E-state index contributed by atoms with van der Waals surface area (Å²) >= 11 is 0. The number of benzene rings is 1. The number of carbonyl (C=O) groups excluding carboxylic acids is 1. The van der Waals surface area contributed by atoms with Gasteiger partial charge in [-0.2, -0.15) is 0 Å². The van der Waals surface area contributed by atoms with Crippen LogP contribution in [0, 0.1) is 28.9 Å². The Labute approximate surface area is 143 Å². The van der Waals surface area contributed by atoms with Crippen LogP contribution in [0.5, 0.6) is 0 Å². The van der Waals surface area contributed by atoms with Gasteiger partial charge in [-0.1, -0.05) is 0 Å². The molecule has 1 aromatic carbocycles. The van der Waals surface area contributed by atoms with E-state index in [1.54, 1.807) is 0 Å². The Morgan fingerprint density at radius 3 is 2.28 bits per heavy atom. The van der Waals surface area contributed by atoms with E-state index in [2.05, 4.69) is 0 Å². The van der Waals surface area contributed by atoms with Gasteiger partial charge in [-0.25, -0.2) is 26.3 Å². The first kappa shape index (κ1) is 16.9. The molecule has 1 aromatic rings. The summed E-state index contributed by atoms with van der Waals surface area (Å²) in [7, 11) is -4.34. The van der Waals surface area contributed by atoms with Gasteiger partial charge in [0.2, 0.25) is 5.91 Å². The number of rotatable bonds is 3. The predicted molar refractivity (Wildman–Crippen MR) is 82.6 cm³/mol. The first-order valence-electron chi connectivity index (χ1n) is 8.32. The minimum absolute atomic E-state index is 0.0339. The van der Waals surface area contributed by atoms with E-state index in [1.807, 2.05) is 4.72 Å². The third-order valence-electron chi connectivity index (χ3n) is 5.90. The highest BCUT2D eigenvalue weighted by atomic mass is 32.2. The predicted octanol–water partition coefficient (Wildman–Crippen LogP) is 3.08. The molecule has 4 fully saturated rings. The van der Waals surface area contributed by atoms with E-state index in [-0.39, 0.29) is 18.3 Å². The number of carbonyl (C=O) groups is 1. The highest BCUT2D eigenvalue weighted by Crippen LogP contribution is 2.63. The van der Waals surface area contributed by atoms with Gasteiger partial charge in [0, 0.05) is 0 Å². The molecule has 25 heavy (non-hydrogen) atoms. The first-order chi connectivity index (χ1) is 11.6. The Morgan fingerprint density at radius 1 is 1.08 bits per heavy atom. The van der Waals surface area contributed by atoms with Crippen LogP contribution in [0.25, 0.3) is 0 Å². The third kappa shape index (κ3) is 2.74. The van der Waals surface area contributed by atoms with Gasteiger partial charge >= 0.3 is 0 Å².